The summed E-state index contributed by atoms with van der Waals surface area (Å²) in [5.74, 6) is 2.07. The number of imidazole rings is 1. The monoisotopic (exact) mass is 319 g/mol. The van der Waals surface area contributed by atoms with Crippen LogP contribution >= 0.6 is 0 Å². The largest absolute Gasteiger partial charge is 0.476 e. The van der Waals surface area contributed by atoms with Crippen LogP contribution < -0.4 is 4.74 Å². The van der Waals surface area contributed by atoms with Gasteiger partial charge >= 0.3 is 0 Å². The molecule has 0 unspecified atom stereocenters. The number of nitrogens with zero attached hydrogens (tertiary/aromatic N) is 3. The minimum absolute atomic E-state index is 0.629. The van der Waals surface area contributed by atoms with E-state index in [2.05, 4.69) is 10.1 Å². The van der Waals surface area contributed by atoms with E-state index in [4.69, 9.17) is 9.15 Å². The maximum absolute atomic E-state index is 5.94. The average molecular weight is 319 g/mol. The fraction of sp³-hybridized carbons (Fsp3) is 0.263. The van der Waals surface area contributed by atoms with E-state index < -0.39 is 0 Å². The van der Waals surface area contributed by atoms with Crippen molar-refractivity contribution in [2.45, 2.75) is 19.3 Å². The molecule has 0 saturated heterocycles. The molecule has 0 N–H and O–H groups in total. The van der Waals surface area contributed by atoms with E-state index in [0.717, 1.165) is 34.7 Å². The highest BCUT2D eigenvalue weighted by Crippen LogP contribution is 2.29. The lowest BCUT2D eigenvalue weighted by Crippen LogP contribution is -2.19. The van der Waals surface area contributed by atoms with Gasteiger partial charge in [0.25, 0.3) is 0 Å². The van der Waals surface area contributed by atoms with Crippen molar-refractivity contribution >= 4 is 16.6 Å². The van der Waals surface area contributed by atoms with Crippen molar-refractivity contribution in [1.82, 2.24) is 14.6 Å². The lowest BCUT2D eigenvalue weighted by atomic mass is 9.86. The molecule has 1 aromatic carbocycles. The number of hydrogen-bond acceptors (Lipinski definition) is 4. The molecule has 5 heteroatoms. The molecule has 4 aromatic rings. The Morgan fingerprint density at radius 2 is 2.08 bits per heavy atom. The predicted octanol–water partition coefficient (Wildman–Crippen LogP) is 4.32. The molecule has 24 heavy (non-hydrogen) atoms. The first-order chi connectivity index (χ1) is 11.9. The van der Waals surface area contributed by atoms with Crippen LogP contribution in [0, 0.1) is 5.92 Å². The highest BCUT2D eigenvalue weighted by molar-refractivity contribution is 5.82. The number of rotatable bonds is 4. The number of aromatic nitrogens is 3. The summed E-state index contributed by atoms with van der Waals surface area (Å²) in [6, 6.07) is 13.8. The van der Waals surface area contributed by atoms with Crippen molar-refractivity contribution in [3.63, 3.8) is 0 Å². The minimum atomic E-state index is 0.629. The van der Waals surface area contributed by atoms with E-state index in [0.29, 0.717) is 11.8 Å². The van der Waals surface area contributed by atoms with Crippen LogP contribution in [0.2, 0.25) is 0 Å². The van der Waals surface area contributed by atoms with Gasteiger partial charge in [-0.05, 0) is 37.0 Å². The van der Waals surface area contributed by atoms with Gasteiger partial charge in [0, 0.05) is 11.5 Å². The molecule has 3 aromatic heterocycles. The molecule has 0 bridgehead atoms. The number of benzene rings is 1. The molecule has 0 spiro atoms. The zero-order chi connectivity index (χ0) is 15.9. The van der Waals surface area contributed by atoms with Crippen molar-refractivity contribution in [2.24, 2.45) is 5.92 Å². The fourth-order valence-corrected chi connectivity index (χ4v) is 3.07. The Hall–Kier alpha value is -2.82. The van der Waals surface area contributed by atoms with Crippen LogP contribution in [0.4, 0.5) is 0 Å². The van der Waals surface area contributed by atoms with Crippen LogP contribution in [0.5, 0.6) is 5.88 Å². The summed E-state index contributed by atoms with van der Waals surface area (Å²) >= 11 is 0. The molecule has 0 radical (unpaired) electrons. The second-order valence-corrected chi connectivity index (χ2v) is 6.34. The summed E-state index contributed by atoms with van der Waals surface area (Å²) < 4.78 is 13.6. The molecular weight excluding hydrogens is 302 g/mol. The Morgan fingerprint density at radius 3 is 2.92 bits per heavy atom. The summed E-state index contributed by atoms with van der Waals surface area (Å²) in [6.45, 7) is 0.743. The first kappa shape index (κ1) is 13.6. The van der Waals surface area contributed by atoms with Crippen molar-refractivity contribution in [3.8, 4) is 17.3 Å². The van der Waals surface area contributed by atoms with E-state index in [1.807, 2.05) is 42.5 Å². The highest BCUT2D eigenvalue weighted by Gasteiger charge is 2.18. The van der Waals surface area contributed by atoms with Crippen LogP contribution in [0.1, 0.15) is 19.3 Å². The van der Waals surface area contributed by atoms with Crippen molar-refractivity contribution in [2.75, 3.05) is 6.61 Å². The second kappa shape index (κ2) is 5.37. The predicted molar refractivity (Wildman–Crippen MR) is 91.0 cm³/mol. The standard InChI is InChI=1S/C19H17N3O2/c1-2-7-16-14(6-1)10-17(24-16)15-11-20-18-8-9-19(21-22(15)18)23-12-13-4-3-5-13/h1-2,6-11,13H,3-5,12H2. The van der Waals surface area contributed by atoms with Gasteiger partial charge in [0.05, 0.1) is 12.8 Å². The SMILES string of the molecule is c1ccc2oc(-c3cnc4ccc(OCC5CCC5)nn34)cc2c1. The Bertz CT molecular complexity index is 981. The Labute approximate surface area is 138 Å². The molecule has 1 saturated carbocycles. The smallest absolute Gasteiger partial charge is 0.231 e. The molecule has 3 heterocycles. The molecule has 0 atom stereocenters. The molecular formula is C19H17N3O2. The van der Waals surface area contributed by atoms with Crippen LogP contribution in [0.3, 0.4) is 0 Å². The first-order valence-electron chi connectivity index (χ1n) is 8.33. The summed E-state index contributed by atoms with van der Waals surface area (Å²) in [4.78, 5) is 4.41. The zero-order valence-electron chi connectivity index (χ0n) is 13.2. The highest BCUT2D eigenvalue weighted by atomic mass is 16.5. The molecule has 0 aliphatic heterocycles. The van der Waals surface area contributed by atoms with Gasteiger partial charge in [-0.25, -0.2) is 9.50 Å². The summed E-state index contributed by atoms with van der Waals surface area (Å²) in [5, 5.41) is 5.65. The lowest BCUT2D eigenvalue weighted by molar-refractivity contribution is 0.174. The van der Waals surface area contributed by atoms with Crippen molar-refractivity contribution in [3.05, 3.63) is 48.7 Å². The van der Waals surface area contributed by atoms with Crippen LogP contribution in [-0.2, 0) is 0 Å². The molecule has 0 amide bonds. The number of ether oxygens (including phenoxy) is 1. The molecule has 120 valence electrons. The van der Waals surface area contributed by atoms with Crippen LogP contribution in [-0.4, -0.2) is 21.2 Å². The molecule has 5 nitrogen and oxygen atoms in total. The van der Waals surface area contributed by atoms with Gasteiger partial charge in [0.1, 0.15) is 11.3 Å². The number of furan rings is 1. The maximum atomic E-state index is 5.94. The second-order valence-electron chi connectivity index (χ2n) is 6.34. The normalized spacial score (nSPS) is 15.0. The molecule has 5 rings (SSSR count). The van der Waals surface area contributed by atoms with Gasteiger partial charge in [-0.15, -0.1) is 5.10 Å². The molecule has 1 aliphatic rings. The molecule has 1 fully saturated rings. The third-order valence-electron chi connectivity index (χ3n) is 4.71. The van der Waals surface area contributed by atoms with Gasteiger partial charge in [0.15, 0.2) is 11.4 Å². The van der Waals surface area contributed by atoms with Gasteiger partial charge in [-0.1, -0.05) is 24.6 Å². The number of para-hydroxylation sites is 1. The number of fused-ring (bicyclic) bond motifs is 2. The Balaban J connectivity index is 1.52. The topological polar surface area (TPSA) is 52.6 Å². The van der Waals surface area contributed by atoms with Crippen molar-refractivity contribution < 1.29 is 9.15 Å². The average Bonchev–Trinajstić information content (AvgIpc) is 3.16. The number of hydrogen-bond donors (Lipinski definition) is 0. The third-order valence-corrected chi connectivity index (χ3v) is 4.71. The molecule has 1 aliphatic carbocycles. The summed E-state index contributed by atoms with van der Waals surface area (Å²) in [5.41, 5.74) is 2.47. The summed E-state index contributed by atoms with van der Waals surface area (Å²) in [7, 11) is 0. The Kier molecular flexibility index (Phi) is 3.04. The zero-order valence-corrected chi connectivity index (χ0v) is 13.2. The van der Waals surface area contributed by atoms with Gasteiger partial charge < -0.3 is 9.15 Å². The van der Waals surface area contributed by atoms with E-state index in [-0.39, 0.29) is 0 Å². The Morgan fingerprint density at radius 1 is 1.17 bits per heavy atom. The van der Waals surface area contributed by atoms with Crippen LogP contribution in [0.25, 0.3) is 28.1 Å². The van der Waals surface area contributed by atoms with Gasteiger partial charge in [0.2, 0.25) is 5.88 Å². The van der Waals surface area contributed by atoms with Crippen LogP contribution in [0.15, 0.2) is 53.1 Å². The van der Waals surface area contributed by atoms with E-state index >= 15 is 0 Å². The minimum Gasteiger partial charge on any atom is -0.476 e. The van der Waals surface area contributed by atoms with Gasteiger partial charge in [-0.2, -0.15) is 0 Å². The van der Waals surface area contributed by atoms with Crippen molar-refractivity contribution in [1.29, 1.82) is 0 Å². The quantitative estimate of drug-likeness (QED) is 0.562. The summed E-state index contributed by atoms with van der Waals surface area (Å²) in [6.07, 6.45) is 5.63. The van der Waals surface area contributed by atoms with Gasteiger partial charge in [-0.3, -0.25) is 0 Å². The van der Waals surface area contributed by atoms with E-state index in [1.54, 1.807) is 10.7 Å². The lowest BCUT2D eigenvalue weighted by Gasteiger charge is -2.24. The fourth-order valence-electron chi connectivity index (χ4n) is 3.07. The van der Waals surface area contributed by atoms with E-state index in [1.165, 1.54) is 19.3 Å². The third kappa shape index (κ3) is 2.24. The first-order valence-corrected chi connectivity index (χ1v) is 8.33. The maximum Gasteiger partial charge on any atom is 0.231 e. The van der Waals surface area contributed by atoms with E-state index in [9.17, 15) is 0 Å².